The van der Waals surface area contributed by atoms with Gasteiger partial charge in [-0.3, -0.25) is 0 Å². The largest absolute Gasteiger partial charge is 0.371 e. The molecule has 1 saturated heterocycles. The Kier molecular flexibility index (Phi) is 5.95. The van der Waals surface area contributed by atoms with Gasteiger partial charge in [0.25, 0.3) is 0 Å². The van der Waals surface area contributed by atoms with E-state index in [1.54, 1.807) is 0 Å². The molecule has 1 fully saturated rings. The van der Waals surface area contributed by atoms with Crippen molar-refractivity contribution in [3.05, 3.63) is 28.8 Å². The Balaban J connectivity index is 2.11. The maximum atomic E-state index is 6.20. The Morgan fingerprint density at radius 2 is 2.05 bits per heavy atom. The van der Waals surface area contributed by atoms with Gasteiger partial charge in [-0.15, -0.1) is 0 Å². The Morgan fingerprint density at radius 3 is 2.71 bits per heavy atom. The second-order valence-corrected chi connectivity index (χ2v) is 7.42. The van der Waals surface area contributed by atoms with Crippen LogP contribution in [0.2, 0.25) is 5.02 Å². The van der Waals surface area contributed by atoms with E-state index in [0.29, 0.717) is 5.92 Å². The summed E-state index contributed by atoms with van der Waals surface area (Å²) >= 11 is 6.20. The molecule has 0 bridgehead atoms. The van der Waals surface area contributed by atoms with Crippen LogP contribution in [-0.4, -0.2) is 19.6 Å². The van der Waals surface area contributed by atoms with Crippen molar-refractivity contribution in [2.24, 2.45) is 17.8 Å². The van der Waals surface area contributed by atoms with Gasteiger partial charge in [0.2, 0.25) is 0 Å². The summed E-state index contributed by atoms with van der Waals surface area (Å²) in [5.74, 6) is 2.26. The summed E-state index contributed by atoms with van der Waals surface area (Å²) in [6.07, 6.45) is 1.28. The molecule has 0 spiro atoms. The van der Waals surface area contributed by atoms with Gasteiger partial charge >= 0.3 is 0 Å². The Labute approximate surface area is 134 Å². The van der Waals surface area contributed by atoms with Gasteiger partial charge in [0.15, 0.2) is 0 Å². The number of nitrogens with zero attached hydrogens (tertiary/aromatic N) is 1. The molecular weight excluding hydrogens is 280 g/mol. The fourth-order valence-electron chi connectivity index (χ4n) is 2.98. The minimum atomic E-state index is 0.670. The summed E-state index contributed by atoms with van der Waals surface area (Å²) in [7, 11) is 0. The molecule has 0 amide bonds. The van der Waals surface area contributed by atoms with Crippen LogP contribution in [0.5, 0.6) is 0 Å². The van der Waals surface area contributed by atoms with Crippen LogP contribution in [0.15, 0.2) is 18.2 Å². The van der Waals surface area contributed by atoms with Gasteiger partial charge in [0, 0.05) is 30.3 Å². The molecule has 2 atom stereocenters. The molecule has 2 nitrogen and oxygen atoms in total. The number of hydrogen-bond acceptors (Lipinski definition) is 2. The number of hydrogen-bond donors (Lipinski definition) is 1. The zero-order valence-electron chi connectivity index (χ0n) is 13.8. The molecule has 1 aliphatic heterocycles. The molecule has 21 heavy (non-hydrogen) atoms. The van der Waals surface area contributed by atoms with Gasteiger partial charge in [0.1, 0.15) is 0 Å². The first-order valence-corrected chi connectivity index (χ1v) is 8.59. The zero-order valence-corrected chi connectivity index (χ0v) is 14.6. The number of rotatable bonds is 5. The second kappa shape index (κ2) is 7.51. The lowest BCUT2D eigenvalue weighted by molar-refractivity contribution is 0.323. The van der Waals surface area contributed by atoms with Crippen LogP contribution in [0.3, 0.4) is 0 Å². The van der Waals surface area contributed by atoms with E-state index in [1.807, 2.05) is 6.07 Å². The summed E-state index contributed by atoms with van der Waals surface area (Å²) in [5, 5.41) is 4.37. The Hall–Kier alpha value is -0.730. The smallest absolute Gasteiger partial charge is 0.0412 e. The number of benzene rings is 1. The van der Waals surface area contributed by atoms with Crippen LogP contribution in [0.25, 0.3) is 0 Å². The first kappa shape index (κ1) is 16.6. The number of halogens is 1. The molecule has 0 aliphatic carbocycles. The van der Waals surface area contributed by atoms with E-state index < -0.39 is 0 Å². The van der Waals surface area contributed by atoms with Crippen molar-refractivity contribution in [3.63, 3.8) is 0 Å². The SMILES string of the molecule is CC(C)CNCc1cc(Cl)ccc1N1CCC(C)C(C)C1. The first-order valence-electron chi connectivity index (χ1n) is 8.21. The van der Waals surface area contributed by atoms with E-state index in [9.17, 15) is 0 Å². The fraction of sp³-hybridized carbons (Fsp3) is 0.667. The fourth-order valence-corrected chi connectivity index (χ4v) is 3.18. The highest BCUT2D eigenvalue weighted by atomic mass is 35.5. The molecule has 3 heteroatoms. The lowest BCUT2D eigenvalue weighted by Crippen LogP contribution is -2.39. The van der Waals surface area contributed by atoms with Crippen LogP contribution in [0.1, 0.15) is 39.7 Å². The van der Waals surface area contributed by atoms with Crippen LogP contribution in [0, 0.1) is 17.8 Å². The van der Waals surface area contributed by atoms with E-state index >= 15 is 0 Å². The molecule has 118 valence electrons. The summed E-state index contributed by atoms with van der Waals surface area (Å²) in [4.78, 5) is 2.54. The van der Waals surface area contributed by atoms with Crippen LogP contribution in [-0.2, 0) is 6.54 Å². The molecule has 1 aromatic rings. The van der Waals surface area contributed by atoms with E-state index in [2.05, 4.69) is 50.0 Å². The van der Waals surface area contributed by atoms with Crippen LogP contribution >= 0.6 is 11.6 Å². The van der Waals surface area contributed by atoms with Crippen molar-refractivity contribution in [2.75, 3.05) is 24.5 Å². The third kappa shape index (κ3) is 4.62. The predicted molar refractivity (Wildman–Crippen MR) is 93.2 cm³/mol. The van der Waals surface area contributed by atoms with Gasteiger partial charge in [-0.2, -0.15) is 0 Å². The number of anilines is 1. The Morgan fingerprint density at radius 1 is 1.29 bits per heavy atom. The summed E-state index contributed by atoms with van der Waals surface area (Å²) in [6, 6.07) is 6.33. The first-order chi connectivity index (χ1) is 9.97. The van der Waals surface area contributed by atoms with Crippen LogP contribution < -0.4 is 10.2 Å². The van der Waals surface area contributed by atoms with E-state index in [-0.39, 0.29) is 0 Å². The molecule has 1 aromatic carbocycles. The van der Waals surface area contributed by atoms with Gasteiger partial charge in [-0.25, -0.2) is 0 Å². The summed E-state index contributed by atoms with van der Waals surface area (Å²) in [6.45, 7) is 13.5. The number of nitrogens with one attached hydrogen (secondary N) is 1. The molecule has 0 aromatic heterocycles. The highest BCUT2D eigenvalue weighted by molar-refractivity contribution is 6.30. The molecule has 2 unspecified atom stereocenters. The van der Waals surface area contributed by atoms with Crippen molar-refractivity contribution in [1.82, 2.24) is 5.32 Å². The van der Waals surface area contributed by atoms with E-state index in [4.69, 9.17) is 11.6 Å². The van der Waals surface area contributed by atoms with E-state index in [1.165, 1.54) is 17.7 Å². The lowest BCUT2D eigenvalue weighted by atomic mass is 9.88. The van der Waals surface area contributed by atoms with Crippen molar-refractivity contribution >= 4 is 17.3 Å². The molecule has 1 aliphatic rings. The van der Waals surface area contributed by atoms with Crippen molar-refractivity contribution in [2.45, 2.75) is 40.7 Å². The van der Waals surface area contributed by atoms with Gasteiger partial charge in [-0.05, 0) is 54.5 Å². The third-order valence-corrected chi connectivity index (χ3v) is 4.82. The van der Waals surface area contributed by atoms with E-state index in [0.717, 1.165) is 43.0 Å². The molecule has 0 radical (unpaired) electrons. The molecule has 1 N–H and O–H groups in total. The highest BCUT2D eigenvalue weighted by Crippen LogP contribution is 2.30. The maximum absolute atomic E-state index is 6.20. The summed E-state index contributed by atoms with van der Waals surface area (Å²) in [5.41, 5.74) is 2.68. The zero-order chi connectivity index (χ0) is 15.4. The van der Waals surface area contributed by atoms with Crippen molar-refractivity contribution < 1.29 is 0 Å². The Bertz CT molecular complexity index is 459. The second-order valence-electron chi connectivity index (χ2n) is 6.99. The van der Waals surface area contributed by atoms with Gasteiger partial charge in [0.05, 0.1) is 0 Å². The minimum absolute atomic E-state index is 0.670. The topological polar surface area (TPSA) is 15.3 Å². The van der Waals surface area contributed by atoms with Gasteiger partial charge in [-0.1, -0.05) is 39.3 Å². The molecule has 1 heterocycles. The predicted octanol–water partition coefficient (Wildman–Crippen LogP) is 4.57. The highest BCUT2D eigenvalue weighted by Gasteiger charge is 2.24. The van der Waals surface area contributed by atoms with Gasteiger partial charge < -0.3 is 10.2 Å². The molecule has 2 rings (SSSR count). The van der Waals surface area contributed by atoms with Crippen molar-refractivity contribution in [1.29, 1.82) is 0 Å². The summed E-state index contributed by atoms with van der Waals surface area (Å²) < 4.78 is 0. The standard InChI is InChI=1S/C18H29ClN2/c1-13(2)10-20-11-16-9-17(19)5-6-18(16)21-8-7-14(3)15(4)12-21/h5-6,9,13-15,20H,7-8,10-12H2,1-4H3. The average Bonchev–Trinajstić information content (AvgIpc) is 2.42. The van der Waals surface area contributed by atoms with Crippen LogP contribution in [0.4, 0.5) is 5.69 Å². The minimum Gasteiger partial charge on any atom is -0.371 e. The number of piperidine rings is 1. The lowest BCUT2D eigenvalue weighted by Gasteiger charge is -2.38. The normalized spacial score (nSPS) is 22.9. The molecular formula is C18H29ClN2. The molecule has 0 saturated carbocycles. The third-order valence-electron chi connectivity index (χ3n) is 4.58. The van der Waals surface area contributed by atoms with Crippen molar-refractivity contribution in [3.8, 4) is 0 Å². The average molecular weight is 309 g/mol. The maximum Gasteiger partial charge on any atom is 0.0412 e. The quantitative estimate of drug-likeness (QED) is 0.857. The monoisotopic (exact) mass is 308 g/mol.